The van der Waals surface area contributed by atoms with Gasteiger partial charge in [0.25, 0.3) is 5.91 Å². The number of amides is 1. The fourth-order valence-electron chi connectivity index (χ4n) is 3.37. The second-order valence-electron chi connectivity index (χ2n) is 6.73. The summed E-state index contributed by atoms with van der Waals surface area (Å²) < 4.78 is 5.14. The number of anilines is 2. The summed E-state index contributed by atoms with van der Waals surface area (Å²) in [5.41, 5.74) is 1.91. The highest BCUT2D eigenvalue weighted by molar-refractivity contribution is 5.93. The topological polar surface area (TPSA) is 58.6 Å². The number of benzene rings is 1. The van der Waals surface area contributed by atoms with Crippen LogP contribution in [-0.4, -0.2) is 31.6 Å². The van der Waals surface area contributed by atoms with Crippen molar-refractivity contribution >= 4 is 23.3 Å². The highest BCUT2D eigenvalue weighted by Gasteiger charge is 2.21. The highest BCUT2D eigenvalue weighted by Crippen LogP contribution is 2.22. The fraction of sp³-hybridized carbons (Fsp3) is 0.500. The minimum Gasteiger partial charge on any atom is -0.455 e. The Morgan fingerprint density at radius 1 is 1.08 bits per heavy atom. The Balaban J connectivity index is 1.44. The van der Waals surface area contributed by atoms with Crippen molar-refractivity contribution in [2.24, 2.45) is 5.92 Å². The van der Waals surface area contributed by atoms with E-state index in [1.165, 1.54) is 24.9 Å². The molecular weight excluding hydrogens is 316 g/mol. The molecule has 1 aliphatic carbocycles. The highest BCUT2D eigenvalue weighted by atomic mass is 16.5. The number of rotatable bonds is 5. The van der Waals surface area contributed by atoms with Crippen LogP contribution in [0, 0.1) is 5.92 Å². The first-order chi connectivity index (χ1) is 12.2. The van der Waals surface area contributed by atoms with E-state index in [1.807, 2.05) is 30.3 Å². The number of ether oxygens (including phenoxy) is 1. The first-order valence-electron chi connectivity index (χ1n) is 9.19. The lowest BCUT2D eigenvalue weighted by atomic mass is 9.95. The molecule has 134 valence electrons. The van der Waals surface area contributed by atoms with Crippen molar-refractivity contribution < 1.29 is 14.3 Å². The van der Waals surface area contributed by atoms with Gasteiger partial charge in [-0.1, -0.05) is 12.2 Å². The van der Waals surface area contributed by atoms with Crippen LogP contribution >= 0.6 is 0 Å². The number of piperidine rings is 1. The number of allylic oxidation sites excluding steroid dienone is 2. The third-order valence-corrected chi connectivity index (χ3v) is 4.82. The molecule has 3 rings (SSSR count). The van der Waals surface area contributed by atoms with E-state index >= 15 is 0 Å². The minimum atomic E-state index is -0.301. The van der Waals surface area contributed by atoms with E-state index in [0.717, 1.165) is 31.6 Å². The second-order valence-corrected chi connectivity index (χ2v) is 6.73. The van der Waals surface area contributed by atoms with Crippen LogP contribution in [0.2, 0.25) is 0 Å². The summed E-state index contributed by atoms with van der Waals surface area (Å²) >= 11 is 0. The zero-order valence-corrected chi connectivity index (χ0v) is 14.6. The molecule has 0 saturated carbocycles. The van der Waals surface area contributed by atoms with Crippen molar-refractivity contribution in [2.75, 3.05) is 29.9 Å². The lowest BCUT2D eigenvalue weighted by Gasteiger charge is -2.28. The standard InChI is InChI=1S/C20H26N2O3/c23-19(15-25-20(24)16-7-3-1-4-8-16)21-17-9-11-18(12-10-17)22-13-5-2-6-14-22/h1,3,9-12,16H,2,4-8,13-15H2,(H,21,23)/t16-/m1/s1. The maximum absolute atomic E-state index is 12.0. The van der Waals surface area contributed by atoms with E-state index in [0.29, 0.717) is 6.42 Å². The molecule has 1 N–H and O–H groups in total. The Hall–Kier alpha value is -2.30. The maximum atomic E-state index is 12.0. The molecular formula is C20H26N2O3. The number of nitrogens with zero attached hydrogens (tertiary/aromatic N) is 1. The van der Waals surface area contributed by atoms with Crippen molar-refractivity contribution in [2.45, 2.75) is 38.5 Å². The van der Waals surface area contributed by atoms with Crippen molar-refractivity contribution in [3.05, 3.63) is 36.4 Å². The molecule has 1 aromatic carbocycles. The molecule has 1 atom stereocenters. The van der Waals surface area contributed by atoms with Crippen LogP contribution in [0.15, 0.2) is 36.4 Å². The van der Waals surface area contributed by atoms with Crippen LogP contribution in [0.4, 0.5) is 11.4 Å². The molecule has 1 aromatic rings. The van der Waals surface area contributed by atoms with E-state index in [4.69, 9.17) is 4.74 Å². The number of carbonyl (C=O) groups excluding carboxylic acids is 2. The van der Waals surface area contributed by atoms with E-state index in [1.54, 1.807) is 0 Å². The number of nitrogens with one attached hydrogen (secondary N) is 1. The fourth-order valence-corrected chi connectivity index (χ4v) is 3.37. The van der Waals surface area contributed by atoms with Gasteiger partial charge in [0.2, 0.25) is 0 Å². The van der Waals surface area contributed by atoms with Crippen LogP contribution in [0.25, 0.3) is 0 Å². The number of hydrogen-bond donors (Lipinski definition) is 1. The predicted octanol–water partition coefficient (Wildman–Crippen LogP) is 3.51. The molecule has 0 unspecified atom stereocenters. The molecule has 0 bridgehead atoms. The predicted molar refractivity (Wildman–Crippen MR) is 98.6 cm³/mol. The summed E-state index contributed by atoms with van der Waals surface area (Å²) in [6.07, 6.45) is 10.3. The molecule has 1 aliphatic heterocycles. The van der Waals surface area contributed by atoms with Crippen LogP contribution < -0.4 is 10.2 Å². The van der Waals surface area contributed by atoms with Gasteiger partial charge in [0.1, 0.15) is 0 Å². The molecule has 2 aliphatic rings. The van der Waals surface area contributed by atoms with Gasteiger partial charge in [0, 0.05) is 24.5 Å². The smallest absolute Gasteiger partial charge is 0.309 e. The normalized spacial score (nSPS) is 20.2. The van der Waals surface area contributed by atoms with Crippen molar-refractivity contribution in [1.29, 1.82) is 0 Å². The molecule has 0 aromatic heterocycles. The lowest BCUT2D eigenvalue weighted by molar-refractivity contribution is -0.151. The Kier molecular flexibility index (Phi) is 6.09. The summed E-state index contributed by atoms with van der Waals surface area (Å²) in [4.78, 5) is 26.3. The average Bonchev–Trinajstić information content (AvgIpc) is 2.68. The SMILES string of the molecule is O=C(COC(=O)[C@@H]1CC=CCC1)Nc1ccc(N2CCCCC2)cc1. The molecule has 5 nitrogen and oxygen atoms in total. The molecule has 1 amide bonds. The van der Waals surface area contributed by atoms with Crippen LogP contribution in [-0.2, 0) is 14.3 Å². The number of carbonyl (C=O) groups is 2. The van der Waals surface area contributed by atoms with Crippen molar-refractivity contribution in [1.82, 2.24) is 0 Å². The monoisotopic (exact) mass is 342 g/mol. The van der Waals surface area contributed by atoms with E-state index in [-0.39, 0.29) is 24.4 Å². The number of hydrogen-bond acceptors (Lipinski definition) is 4. The molecule has 1 fully saturated rings. The Labute approximate surface area is 149 Å². The van der Waals surface area contributed by atoms with Gasteiger partial charge in [0.15, 0.2) is 6.61 Å². The van der Waals surface area contributed by atoms with Gasteiger partial charge in [0.05, 0.1) is 5.92 Å². The number of esters is 1. The van der Waals surface area contributed by atoms with Crippen LogP contribution in [0.1, 0.15) is 38.5 Å². The van der Waals surface area contributed by atoms with Gasteiger partial charge in [-0.05, 0) is 62.8 Å². The van der Waals surface area contributed by atoms with Gasteiger partial charge < -0.3 is 15.0 Å². The first kappa shape index (κ1) is 17.5. The second kappa shape index (κ2) is 8.70. The van der Waals surface area contributed by atoms with Crippen LogP contribution in [0.3, 0.4) is 0 Å². The van der Waals surface area contributed by atoms with Gasteiger partial charge >= 0.3 is 5.97 Å². The summed E-state index contributed by atoms with van der Waals surface area (Å²) in [6.45, 7) is 1.96. The third kappa shape index (κ3) is 5.08. The van der Waals surface area contributed by atoms with Crippen molar-refractivity contribution in [3.63, 3.8) is 0 Å². The van der Waals surface area contributed by atoms with E-state index < -0.39 is 0 Å². The molecule has 0 spiro atoms. The minimum absolute atomic E-state index is 0.110. The molecule has 1 saturated heterocycles. The molecule has 1 heterocycles. The summed E-state index contributed by atoms with van der Waals surface area (Å²) in [5.74, 6) is -0.688. The largest absolute Gasteiger partial charge is 0.455 e. The van der Waals surface area contributed by atoms with Gasteiger partial charge in [-0.3, -0.25) is 9.59 Å². The van der Waals surface area contributed by atoms with E-state index in [2.05, 4.69) is 16.3 Å². The third-order valence-electron chi connectivity index (χ3n) is 4.82. The van der Waals surface area contributed by atoms with E-state index in [9.17, 15) is 9.59 Å². The summed E-state index contributed by atoms with van der Waals surface area (Å²) in [5, 5.41) is 2.78. The maximum Gasteiger partial charge on any atom is 0.309 e. The molecule has 25 heavy (non-hydrogen) atoms. The molecule has 5 heteroatoms. The zero-order valence-electron chi connectivity index (χ0n) is 14.6. The Morgan fingerprint density at radius 2 is 1.84 bits per heavy atom. The first-order valence-corrected chi connectivity index (χ1v) is 9.19. The average molecular weight is 342 g/mol. The Morgan fingerprint density at radius 3 is 2.52 bits per heavy atom. The van der Waals surface area contributed by atoms with Crippen molar-refractivity contribution in [3.8, 4) is 0 Å². The summed E-state index contributed by atoms with van der Waals surface area (Å²) in [6, 6.07) is 7.85. The quantitative estimate of drug-likeness (QED) is 0.657. The van der Waals surface area contributed by atoms with Gasteiger partial charge in [-0.25, -0.2) is 0 Å². The van der Waals surface area contributed by atoms with Crippen LogP contribution in [0.5, 0.6) is 0 Å². The van der Waals surface area contributed by atoms with Gasteiger partial charge in [-0.2, -0.15) is 0 Å². The zero-order chi connectivity index (χ0) is 17.5. The van der Waals surface area contributed by atoms with Gasteiger partial charge in [-0.15, -0.1) is 0 Å². The summed E-state index contributed by atoms with van der Waals surface area (Å²) in [7, 11) is 0. The molecule has 0 radical (unpaired) electrons. The Bertz CT molecular complexity index is 618. The lowest BCUT2D eigenvalue weighted by Crippen LogP contribution is -2.29.